The molecule has 532 valence electrons. The second-order valence-corrected chi connectivity index (χ2v) is 30.9. The van der Waals surface area contributed by atoms with Crippen molar-refractivity contribution in [2.24, 2.45) is 0 Å². The molecular weight excluding hydrogens is 1430 g/mol. The lowest BCUT2D eigenvalue weighted by Gasteiger charge is -2.28. The van der Waals surface area contributed by atoms with Gasteiger partial charge < -0.3 is 28.2 Å². The van der Waals surface area contributed by atoms with Crippen LogP contribution in [0.15, 0.2) is 365 Å². The number of hydrogen-bond donors (Lipinski definition) is 1. The number of nitrogens with zero attached hydrogens (tertiary/aromatic N) is 3. The van der Waals surface area contributed by atoms with Crippen molar-refractivity contribution in [3.8, 4) is 55.9 Å². The quantitative estimate of drug-likeness (QED) is 0.156. The van der Waals surface area contributed by atoms with Crippen LogP contribution in [0.4, 0.5) is 37.2 Å². The Morgan fingerprint density at radius 3 is 1.29 bits per heavy atom. The summed E-state index contributed by atoms with van der Waals surface area (Å²) >= 11 is 3.49. The zero-order valence-corrected chi connectivity index (χ0v) is 62.9. The maximum atomic E-state index is 13.9. The van der Waals surface area contributed by atoms with Gasteiger partial charge in [0.1, 0.15) is 34.0 Å². The van der Waals surface area contributed by atoms with Crippen LogP contribution in [-0.4, -0.2) is 9.13 Å². The van der Waals surface area contributed by atoms with Crippen LogP contribution >= 0.6 is 15.9 Å². The van der Waals surface area contributed by atoms with Crippen molar-refractivity contribution in [2.75, 3.05) is 10.2 Å². The first-order valence-electron chi connectivity index (χ1n) is 37.6. The highest BCUT2D eigenvalue weighted by Gasteiger charge is 2.37. The lowest BCUT2D eigenvalue weighted by molar-refractivity contribution is 0.627. The van der Waals surface area contributed by atoms with Crippen molar-refractivity contribution in [3.05, 3.63) is 390 Å². The molecule has 0 saturated carbocycles. The standard InChI is InChI=1S/C51H35FN2O.C27H21NO.C24H15BrFN/c1-51(2)43-13-6-3-10-38(43)39-28-27-37(31-44(39)51)53(47-15-9-17-49-50(47)41-12-5-8-16-48(41)55-49)35-23-18-32(19-24-35)33-20-29-46-42(30-33)40-11-4-7-14-45(40)54(46)36-25-21-34(52)22-26-36;1-27(2)21-10-5-3-8-18(21)19-15-14-17(16-22(19)27)28-23-11-7-13-25-26(23)20-9-4-6-12-24(20)29-25;25-18-8-5-16(6-9-18)17-7-14-24-22(15-17)21-3-1-2-4-23(21)27(24)20-12-10-19(26)11-13-20/h3-31H,1-2H3;3-16,28H,1-2H3;1-15H. The largest absolute Gasteiger partial charge is 0.456 e. The van der Waals surface area contributed by atoms with Crippen LogP contribution in [0.5, 0.6) is 0 Å². The third kappa shape index (κ3) is 11.3. The normalized spacial score (nSPS) is 13.0. The molecule has 0 unspecified atom stereocenters. The van der Waals surface area contributed by atoms with E-state index in [1.54, 1.807) is 0 Å². The van der Waals surface area contributed by atoms with E-state index in [-0.39, 0.29) is 22.5 Å². The molecule has 0 spiro atoms. The molecule has 20 aromatic rings. The van der Waals surface area contributed by atoms with Crippen LogP contribution in [0.2, 0.25) is 0 Å². The summed E-state index contributed by atoms with van der Waals surface area (Å²) in [5, 5.41) is 12.8. The summed E-state index contributed by atoms with van der Waals surface area (Å²) in [5.41, 5.74) is 30.5. The molecule has 2 aliphatic carbocycles. The van der Waals surface area contributed by atoms with Crippen LogP contribution in [0, 0.1) is 11.6 Å². The summed E-state index contributed by atoms with van der Waals surface area (Å²) in [6, 6.07) is 121. The number of anilines is 5. The Hall–Kier alpha value is -13.3. The van der Waals surface area contributed by atoms with E-state index in [9.17, 15) is 8.78 Å². The maximum absolute atomic E-state index is 13.9. The van der Waals surface area contributed by atoms with Gasteiger partial charge in [-0.15, -0.1) is 0 Å². The van der Waals surface area contributed by atoms with E-state index in [1.165, 1.54) is 90.7 Å². The molecule has 0 atom stereocenters. The molecule has 4 heterocycles. The number of hydrogen-bond acceptors (Lipinski definition) is 4. The first-order valence-corrected chi connectivity index (χ1v) is 38.4. The van der Waals surface area contributed by atoms with Gasteiger partial charge in [0.25, 0.3) is 0 Å². The Morgan fingerprint density at radius 2 is 0.730 bits per heavy atom. The predicted molar refractivity (Wildman–Crippen MR) is 461 cm³/mol. The number of nitrogens with one attached hydrogen (secondary N) is 1. The average molecular weight is 1500 g/mol. The lowest BCUT2D eigenvalue weighted by Crippen LogP contribution is -2.16. The SMILES string of the molecule is CC1(C)c2ccccc2-c2ccc(N(c3ccc(-c4ccc5c(c4)c4ccccc4n5-c4ccc(F)cc4)cc3)c3cccc4oc5ccccc5c34)cc21.CC1(C)c2ccccc2-c2ccc(Nc3cccc4oc5ccccc5c34)cc21.Fc1ccc(-n2c3ccccc3c3cc(-c4ccc(Br)cc4)ccc32)cc1. The highest BCUT2D eigenvalue weighted by molar-refractivity contribution is 9.10. The topological polar surface area (TPSA) is 51.4 Å². The van der Waals surface area contributed by atoms with Crippen molar-refractivity contribution in [2.45, 2.75) is 38.5 Å². The van der Waals surface area contributed by atoms with Gasteiger partial charge in [-0.05, 0) is 237 Å². The van der Waals surface area contributed by atoms with E-state index < -0.39 is 0 Å². The van der Waals surface area contributed by atoms with Crippen molar-refractivity contribution in [3.63, 3.8) is 0 Å². The molecular formula is C102H71BrF2N4O2. The Labute approximate surface area is 649 Å². The van der Waals surface area contributed by atoms with E-state index >= 15 is 0 Å². The van der Waals surface area contributed by atoms with E-state index in [0.29, 0.717) is 0 Å². The highest BCUT2D eigenvalue weighted by Crippen LogP contribution is 2.53. The zero-order chi connectivity index (χ0) is 74.8. The summed E-state index contributed by atoms with van der Waals surface area (Å²) in [6.07, 6.45) is 0. The first kappa shape index (κ1) is 67.0. The van der Waals surface area contributed by atoms with Gasteiger partial charge in [-0.1, -0.05) is 226 Å². The molecule has 0 fully saturated rings. The monoisotopic (exact) mass is 1500 g/mol. The Balaban J connectivity index is 0.000000120. The molecule has 0 amide bonds. The maximum Gasteiger partial charge on any atom is 0.137 e. The molecule has 22 rings (SSSR count). The molecule has 0 radical (unpaired) electrons. The fraction of sp³-hybridized carbons (Fsp3) is 0.0588. The minimum atomic E-state index is -0.241. The van der Waals surface area contributed by atoms with E-state index in [1.807, 2.05) is 66.7 Å². The van der Waals surface area contributed by atoms with Gasteiger partial charge in [0.2, 0.25) is 0 Å². The second-order valence-electron chi connectivity index (χ2n) is 30.0. The third-order valence-corrected chi connectivity index (χ3v) is 23.4. The van der Waals surface area contributed by atoms with E-state index in [4.69, 9.17) is 8.83 Å². The van der Waals surface area contributed by atoms with E-state index in [2.05, 4.69) is 324 Å². The van der Waals surface area contributed by atoms with Gasteiger partial charge in [0.05, 0.1) is 44.2 Å². The van der Waals surface area contributed by atoms with Crippen LogP contribution in [0.1, 0.15) is 49.9 Å². The number of furan rings is 2. The number of rotatable bonds is 9. The zero-order valence-electron chi connectivity index (χ0n) is 61.3. The lowest BCUT2D eigenvalue weighted by atomic mass is 9.82. The smallest absolute Gasteiger partial charge is 0.137 e. The third-order valence-electron chi connectivity index (χ3n) is 22.9. The van der Waals surface area contributed by atoms with Gasteiger partial charge in [-0.2, -0.15) is 0 Å². The molecule has 2 aliphatic rings. The minimum Gasteiger partial charge on any atom is -0.456 e. The molecule has 0 bridgehead atoms. The summed E-state index contributed by atoms with van der Waals surface area (Å²) < 4.78 is 45.2. The van der Waals surface area contributed by atoms with Crippen molar-refractivity contribution < 1.29 is 17.6 Å². The Morgan fingerprint density at radius 1 is 0.315 bits per heavy atom. The summed E-state index contributed by atoms with van der Waals surface area (Å²) in [6.45, 7) is 9.29. The summed E-state index contributed by atoms with van der Waals surface area (Å²) in [7, 11) is 0. The van der Waals surface area contributed by atoms with Crippen molar-refractivity contribution in [1.82, 2.24) is 9.13 Å². The van der Waals surface area contributed by atoms with Crippen molar-refractivity contribution in [1.29, 1.82) is 0 Å². The van der Waals surface area contributed by atoms with E-state index in [0.717, 1.165) is 132 Å². The predicted octanol–water partition coefficient (Wildman–Crippen LogP) is 29.3. The molecule has 0 saturated heterocycles. The molecule has 6 nitrogen and oxygen atoms in total. The molecule has 111 heavy (non-hydrogen) atoms. The number of benzene rings is 16. The van der Waals surface area contributed by atoms with Gasteiger partial charge in [0.15, 0.2) is 0 Å². The van der Waals surface area contributed by atoms with Crippen molar-refractivity contribution >= 4 is 132 Å². The van der Waals surface area contributed by atoms with Gasteiger partial charge >= 0.3 is 0 Å². The Kier molecular flexibility index (Phi) is 16.0. The summed E-state index contributed by atoms with van der Waals surface area (Å²) in [4.78, 5) is 2.38. The molecule has 9 heteroatoms. The summed E-state index contributed by atoms with van der Waals surface area (Å²) in [5.74, 6) is -0.466. The first-order chi connectivity index (χ1) is 54.3. The highest BCUT2D eigenvalue weighted by atomic mass is 79.9. The number of fused-ring (bicyclic) bond motifs is 18. The van der Waals surface area contributed by atoms with Gasteiger partial charge in [0, 0.05) is 76.1 Å². The Bertz CT molecular complexity index is 7080. The van der Waals surface area contributed by atoms with Gasteiger partial charge in [-0.3, -0.25) is 0 Å². The molecule has 4 aromatic heterocycles. The van der Waals surface area contributed by atoms with Crippen LogP contribution in [0.3, 0.4) is 0 Å². The van der Waals surface area contributed by atoms with Gasteiger partial charge in [-0.25, -0.2) is 8.78 Å². The molecule has 1 N–H and O–H groups in total. The fourth-order valence-electron chi connectivity index (χ4n) is 17.5. The van der Waals surface area contributed by atoms with Crippen LogP contribution in [-0.2, 0) is 10.8 Å². The number of aromatic nitrogens is 2. The fourth-order valence-corrected chi connectivity index (χ4v) is 17.8. The molecule has 0 aliphatic heterocycles. The van der Waals surface area contributed by atoms with Crippen LogP contribution in [0.25, 0.3) is 143 Å². The second kappa shape index (κ2) is 26.5. The number of halogens is 3. The minimum absolute atomic E-state index is 0.00202. The average Bonchev–Trinajstić information content (AvgIpc) is 1.59. The number of para-hydroxylation sites is 4. The molecule has 16 aromatic carbocycles. The van der Waals surface area contributed by atoms with Crippen LogP contribution < -0.4 is 10.2 Å².